The van der Waals surface area contributed by atoms with E-state index in [1.165, 1.54) is 17.0 Å². The largest absolute Gasteiger partial charge is 0.324 e. The van der Waals surface area contributed by atoms with E-state index in [-0.39, 0.29) is 10.8 Å². The SMILES string of the molecule is Cc1cccc(S(=O)(=O)NC(=O)C2(C)CCN2C(=O)c2ccccc2)c1. The molecule has 26 heavy (non-hydrogen) atoms. The molecule has 0 aliphatic carbocycles. The van der Waals surface area contributed by atoms with Gasteiger partial charge in [0.05, 0.1) is 4.90 Å². The van der Waals surface area contributed by atoms with E-state index < -0.39 is 21.5 Å². The zero-order valence-electron chi connectivity index (χ0n) is 14.6. The number of likely N-dealkylation sites (tertiary alicyclic amines) is 1. The predicted octanol–water partition coefficient (Wildman–Crippen LogP) is 2.10. The van der Waals surface area contributed by atoms with Crippen LogP contribution < -0.4 is 4.72 Å². The third-order valence-corrected chi connectivity index (χ3v) is 6.03. The van der Waals surface area contributed by atoms with Crippen molar-refractivity contribution in [2.75, 3.05) is 6.54 Å². The van der Waals surface area contributed by atoms with Crippen LogP contribution in [0.25, 0.3) is 0 Å². The maximum atomic E-state index is 12.7. The first kappa shape index (κ1) is 18.1. The molecule has 2 aromatic carbocycles. The van der Waals surface area contributed by atoms with Crippen molar-refractivity contribution in [2.45, 2.75) is 30.7 Å². The molecule has 6 nitrogen and oxygen atoms in total. The van der Waals surface area contributed by atoms with Crippen LogP contribution >= 0.6 is 0 Å². The molecule has 1 aliphatic rings. The summed E-state index contributed by atoms with van der Waals surface area (Å²) in [6.07, 6.45) is 0.404. The maximum absolute atomic E-state index is 12.7. The molecule has 0 saturated carbocycles. The first-order valence-corrected chi connectivity index (χ1v) is 9.73. The van der Waals surface area contributed by atoms with Crippen molar-refractivity contribution >= 4 is 21.8 Å². The molecule has 1 fully saturated rings. The number of aryl methyl sites for hydroxylation is 1. The van der Waals surface area contributed by atoms with Gasteiger partial charge in [0.1, 0.15) is 5.54 Å². The summed E-state index contributed by atoms with van der Waals surface area (Å²) in [5, 5.41) is 0. The van der Waals surface area contributed by atoms with Gasteiger partial charge in [0, 0.05) is 12.1 Å². The van der Waals surface area contributed by atoms with E-state index in [1.807, 2.05) is 0 Å². The molecule has 1 heterocycles. The molecule has 1 N–H and O–H groups in total. The second-order valence-corrected chi connectivity index (χ2v) is 8.28. The van der Waals surface area contributed by atoms with E-state index in [4.69, 9.17) is 0 Å². The standard InChI is InChI=1S/C19H20N2O4S/c1-14-7-6-10-16(13-14)26(24,25)20-18(23)19(2)11-12-21(19)17(22)15-8-4-3-5-9-15/h3-10,13H,11-12H2,1-2H3,(H,20,23). The zero-order valence-corrected chi connectivity index (χ0v) is 15.4. The van der Waals surface area contributed by atoms with Crippen molar-refractivity contribution < 1.29 is 18.0 Å². The molecule has 0 radical (unpaired) electrons. The molecular formula is C19H20N2O4S. The van der Waals surface area contributed by atoms with Gasteiger partial charge in [-0.2, -0.15) is 0 Å². The van der Waals surface area contributed by atoms with Crippen LogP contribution in [0.5, 0.6) is 0 Å². The Kier molecular flexibility index (Phi) is 4.58. The number of carbonyl (C=O) groups excluding carboxylic acids is 2. The summed E-state index contributed by atoms with van der Waals surface area (Å²) < 4.78 is 27.1. The predicted molar refractivity (Wildman–Crippen MR) is 97.0 cm³/mol. The minimum Gasteiger partial charge on any atom is -0.324 e. The van der Waals surface area contributed by atoms with Crippen LogP contribution in [0.3, 0.4) is 0 Å². The maximum Gasteiger partial charge on any atom is 0.264 e. The normalized spacial score (nSPS) is 19.5. The number of nitrogens with one attached hydrogen (secondary N) is 1. The number of nitrogens with zero attached hydrogens (tertiary/aromatic N) is 1. The summed E-state index contributed by atoms with van der Waals surface area (Å²) in [7, 11) is -3.99. The van der Waals surface area contributed by atoms with Gasteiger partial charge in [-0.15, -0.1) is 0 Å². The highest BCUT2D eigenvalue weighted by Crippen LogP contribution is 2.32. The number of carbonyl (C=O) groups is 2. The van der Waals surface area contributed by atoms with Gasteiger partial charge < -0.3 is 4.90 Å². The van der Waals surface area contributed by atoms with Crippen LogP contribution in [0.15, 0.2) is 59.5 Å². The highest BCUT2D eigenvalue weighted by Gasteiger charge is 2.50. The molecule has 7 heteroatoms. The van der Waals surface area contributed by atoms with Gasteiger partial charge >= 0.3 is 0 Å². The Morgan fingerprint density at radius 3 is 2.35 bits per heavy atom. The number of amides is 2. The summed E-state index contributed by atoms with van der Waals surface area (Å²) in [6, 6.07) is 14.9. The minimum atomic E-state index is -3.99. The minimum absolute atomic E-state index is 0.0229. The Labute approximate surface area is 152 Å². The first-order valence-electron chi connectivity index (χ1n) is 8.25. The van der Waals surface area contributed by atoms with E-state index in [1.54, 1.807) is 56.3 Å². The average molecular weight is 372 g/mol. The smallest absolute Gasteiger partial charge is 0.264 e. The Hall–Kier alpha value is -2.67. The zero-order chi connectivity index (χ0) is 18.9. The Morgan fingerprint density at radius 2 is 1.77 bits per heavy atom. The fourth-order valence-electron chi connectivity index (χ4n) is 2.93. The molecule has 136 valence electrons. The van der Waals surface area contributed by atoms with Gasteiger partial charge in [-0.25, -0.2) is 13.1 Å². The van der Waals surface area contributed by atoms with Gasteiger partial charge in [0.15, 0.2) is 0 Å². The van der Waals surface area contributed by atoms with Crippen LogP contribution in [0.2, 0.25) is 0 Å². The number of rotatable bonds is 4. The Balaban J connectivity index is 1.80. The van der Waals surface area contributed by atoms with Gasteiger partial charge in [-0.05, 0) is 50.1 Å². The van der Waals surface area contributed by atoms with Gasteiger partial charge in [0.25, 0.3) is 21.8 Å². The molecule has 3 rings (SSSR count). The molecular weight excluding hydrogens is 352 g/mol. The first-order chi connectivity index (χ1) is 12.2. The quantitative estimate of drug-likeness (QED) is 0.891. The van der Waals surface area contributed by atoms with E-state index in [2.05, 4.69) is 4.72 Å². The van der Waals surface area contributed by atoms with E-state index in [9.17, 15) is 18.0 Å². The third kappa shape index (κ3) is 3.22. The third-order valence-electron chi connectivity index (χ3n) is 4.70. The van der Waals surface area contributed by atoms with Gasteiger partial charge in [0.2, 0.25) is 0 Å². The van der Waals surface area contributed by atoms with E-state index in [0.717, 1.165) is 5.56 Å². The van der Waals surface area contributed by atoms with E-state index >= 15 is 0 Å². The highest BCUT2D eigenvalue weighted by molar-refractivity contribution is 7.90. The fourth-order valence-corrected chi connectivity index (χ4v) is 4.11. The highest BCUT2D eigenvalue weighted by atomic mass is 32.2. The molecule has 2 aromatic rings. The second kappa shape index (κ2) is 6.57. The van der Waals surface area contributed by atoms with E-state index in [0.29, 0.717) is 18.5 Å². The molecule has 1 aliphatic heterocycles. The fraction of sp³-hybridized carbons (Fsp3) is 0.263. The second-order valence-electron chi connectivity index (χ2n) is 6.60. The summed E-state index contributed by atoms with van der Waals surface area (Å²) >= 11 is 0. The number of hydrogen-bond acceptors (Lipinski definition) is 4. The van der Waals surface area contributed by atoms with Crippen molar-refractivity contribution in [3.63, 3.8) is 0 Å². The monoisotopic (exact) mass is 372 g/mol. The lowest BCUT2D eigenvalue weighted by molar-refractivity contribution is -0.135. The summed E-state index contributed by atoms with van der Waals surface area (Å²) in [6.45, 7) is 3.76. The van der Waals surface area contributed by atoms with Gasteiger partial charge in [-0.1, -0.05) is 30.3 Å². The summed E-state index contributed by atoms with van der Waals surface area (Å²) in [5.74, 6) is -0.989. The van der Waals surface area contributed by atoms with Crippen molar-refractivity contribution in [1.29, 1.82) is 0 Å². The van der Waals surface area contributed by atoms with Crippen molar-refractivity contribution in [3.8, 4) is 0 Å². The number of hydrogen-bond donors (Lipinski definition) is 1. The lowest BCUT2D eigenvalue weighted by Crippen LogP contribution is -2.67. The molecule has 1 atom stereocenters. The topological polar surface area (TPSA) is 83.6 Å². The molecule has 0 bridgehead atoms. The lowest BCUT2D eigenvalue weighted by atomic mass is 9.85. The van der Waals surface area contributed by atoms with Crippen LogP contribution in [-0.4, -0.2) is 37.2 Å². The van der Waals surface area contributed by atoms with Crippen LogP contribution in [0, 0.1) is 6.92 Å². The van der Waals surface area contributed by atoms with Crippen LogP contribution in [0.1, 0.15) is 29.3 Å². The lowest BCUT2D eigenvalue weighted by Gasteiger charge is -2.48. The van der Waals surface area contributed by atoms with Crippen molar-refractivity contribution in [3.05, 3.63) is 65.7 Å². The number of benzene rings is 2. The molecule has 0 aromatic heterocycles. The summed E-state index contributed by atoms with van der Waals surface area (Å²) in [4.78, 5) is 26.7. The average Bonchev–Trinajstić information content (AvgIpc) is 2.60. The molecule has 1 unspecified atom stereocenters. The summed E-state index contributed by atoms with van der Waals surface area (Å²) in [5.41, 5.74) is 0.0490. The van der Waals surface area contributed by atoms with Crippen molar-refractivity contribution in [1.82, 2.24) is 9.62 Å². The van der Waals surface area contributed by atoms with Crippen molar-refractivity contribution in [2.24, 2.45) is 0 Å². The Morgan fingerprint density at radius 1 is 1.08 bits per heavy atom. The number of sulfonamides is 1. The van der Waals surface area contributed by atoms with Crippen LogP contribution in [0.4, 0.5) is 0 Å². The Bertz CT molecular complexity index is 957. The molecule has 0 spiro atoms. The van der Waals surface area contributed by atoms with Gasteiger partial charge in [-0.3, -0.25) is 9.59 Å². The van der Waals surface area contributed by atoms with Crippen LogP contribution in [-0.2, 0) is 14.8 Å². The molecule has 1 saturated heterocycles. The molecule has 2 amide bonds.